The Balaban J connectivity index is 2.58. The van der Waals surface area contributed by atoms with E-state index in [2.05, 4.69) is 31.4 Å². The van der Waals surface area contributed by atoms with Crippen molar-refractivity contribution in [3.05, 3.63) is 35.4 Å². The van der Waals surface area contributed by atoms with E-state index in [1.807, 2.05) is 31.2 Å². The van der Waals surface area contributed by atoms with Crippen LogP contribution < -0.4 is 10.6 Å². The Morgan fingerprint density at radius 1 is 1.21 bits per heavy atom. The smallest absolute Gasteiger partial charge is 0.314 e. The Morgan fingerprint density at radius 2 is 1.79 bits per heavy atom. The minimum Gasteiger partial charge on any atom is -0.387 e. The maximum absolute atomic E-state index is 11.2. The van der Waals surface area contributed by atoms with Crippen LogP contribution in [0, 0.1) is 0 Å². The predicted octanol–water partition coefficient (Wildman–Crippen LogP) is 2.34. The van der Waals surface area contributed by atoms with Gasteiger partial charge in [-0.25, -0.2) is 4.79 Å². The zero-order valence-electron chi connectivity index (χ0n) is 12.2. The number of aliphatic hydroxyl groups excluding tert-OH is 1. The Kier molecular flexibility index (Phi) is 5.36. The van der Waals surface area contributed by atoms with Gasteiger partial charge in [-0.15, -0.1) is 0 Å². The fourth-order valence-corrected chi connectivity index (χ4v) is 1.74. The van der Waals surface area contributed by atoms with Crippen molar-refractivity contribution in [2.45, 2.75) is 39.2 Å². The lowest BCUT2D eigenvalue weighted by atomic mass is 9.86. The molecule has 3 N–H and O–H groups in total. The highest BCUT2D eigenvalue weighted by molar-refractivity contribution is 5.73. The van der Waals surface area contributed by atoms with Gasteiger partial charge in [0, 0.05) is 13.1 Å². The first-order valence-electron chi connectivity index (χ1n) is 6.64. The molecule has 19 heavy (non-hydrogen) atoms. The molecule has 0 saturated carbocycles. The number of urea groups is 1. The van der Waals surface area contributed by atoms with Gasteiger partial charge in [-0.05, 0) is 23.5 Å². The Labute approximate surface area is 115 Å². The van der Waals surface area contributed by atoms with Crippen molar-refractivity contribution < 1.29 is 9.90 Å². The van der Waals surface area contributed by atoms with E-state index in [0.29, 0.717) is 6.54 Å². The average Bonchev–Trinajstić information content (AvgIpc) is 2.35. The van der Waals surface area contributed by atoms with Crippen LogP contribution in [-0.4, -0.2) is 24.2 Å². The molecule has 2 amide bonds. The van der Waals surface area contributed by atoms with Crippen LogP contribution in [-0.2, 0) is 5.41 Å². The number of rotatable bonds is 4. The molecule has 0 aliphatic heterocycles. The fraction of sp³-hybridized carbons (Fsp3) is 0.533. The van der Waals surface area contributed by atoms with Gasteiger partial charge in [0.2, 0.25) is 0 Å². The van der Waals surface area contributed by atoms with Gasteiger partial charge in [-0.2, -0.15) is 0 Å². The quantitative estimate of drug-likeness (QED) is 0.781. The molecule has 0 aliphatic carbocycles. The van der Waals surface area contributed by atoms with Gasteiger partial charge in [0.15, 0.2) is 0 Å². The lowest BCUT2D eigenvalue weighted by molar-refractivity contribution is 0.173. The maximum Gasteiger partial charge on any atom is 0.314 e. The summed E-state index contributed by atoms with van der Waals surface area (Å²) in [5.74, 6) is 0. The summed E-state index contributed by atoms with van der Waals surface area (Å²) in [5.41, 5.74) is 2.13. The summed E-state index contributed by atoms with van der Waals surface area (Å²) in [7, 11) is 0. The summed E-state index contributed by atoms with van der Waals surface area (Å²) in [6.07, 6.45) is -0.684. The van der Waals surface area contributed by atoms with Crippen molar-refractivity contribution in [1.29, 1.82) is 0 Å². The van der Waals surface area contributed by atoms with Gasteiger partial charge in [0.1, 0.15) is 0 Å². The molecule has 1 rings (SSSR count). The van der Waals surface area contributed by atoms with E-state index in [0.717, 1.165) is 5.56 Å². The molecule has 0 spiro atoms. The summed E-state index contributed by atoms with van der Waals surface area (Å²) in [4.78, 5) is 11.2. The Hall–Kier alpha value is -1.55. The molecule has 0 radical (unpaired) electrons. The third kappa shape index (κ3) is 4.91. The van der Waals surface area contributed by atoms with Crippen LogP contribution in [0.15, 0.2) is 24.3 Å². The molecule has 4 heteroatoms. The topological polar surface area (TPSA) is 61.4 Å². The van der Waals surface area contributed by atoms with Gasteiger partial charge in [-0.1, -0.05) is 45.0 Å². The number of amides is 2. The van der Waals surface area contributed by atoms with E-state index >= 15 is 0 Å². The van der Waals surface area contributed by atoms with Crippen molar-refractivity contribution in [2.75, 3.05) is 13.1 Å². The SMILES string of the molecule is CCNC(=O)NCC(O)c1ccc(C(C)(C)C)cc1. The average molecular weight is 264 g/mol. The maximum atomic E-state index is 11.2. The Bertz CT molecular complexity index is 407. The molecule has 0 bridgehead atoms. The monoisotopic (exact) mass is 264 g/mol. The summed E-state index contributed by atoms with van der Waals surface area (Å²) < 4.78 is 0. The molecule has 4 nitrogen and oxygen atoms in total. The highest BCUT2D eigenvalue weighted by atomic mass is 16.3. The number of benzene rings is 1. The third-order valence-electron chi connectivity index (χ3n) is 2.95. The standard InChI is InChI=1S/C15H24N2O2/c1-5-16-14(19)17-10-13(18)11-6-8-12(9-7-11)15(2,3)4/h6-9,13,18H,5,10H2,1-4H3,(H2,16,17,19). The molecular weight excluding hydrogens is 240 g/mol. The van der Waals surface area contributed by atoms with Crippen LogP contribution in [0.25, 0.3) is 0 Å². The van der Waals surface area contributed by atoms with E-state index in [1.165, 1.54) is 5.56 Å². The molecule has 0 aromatic heterocycles. The van der Waals surface area contributed by atoms with Crippen molar-refractivity contribution in [2.24, 2.45) is 0 Å². The first-order chi connectivity index (χ1) is 8.84. The largest absolute Gasteiger partial charge is 0.387 e. The van der Waals surface area contributed by atoms with Gasteiger partial charge in [0.25, 0.3) is 0 Å². The molecule has 1 aromatic carbocycles. The zero-order valence-corrected chi connectivity index (χ0v) is 12.2. The number of hydrogen-bond acceptors (Lipinski definition) is 2. The highest BCUT2D eigenvalue weighted by Gasteiger charge is 2.14. The first-order valence-corrected chi connectivity index (χ1v) is 6.64. The van der Waals surface area contributed by atoms with E-state index < -0.39 is 6.10 Å². The minimum absolute atomic E-state index is 0.0999. The van der Waals surface area contributed by atoms with Crippen molar-refractivity contribution in [1.82, 2.24) is 10.6 Å². The zero-order chi connectivity index (χ0) is 14.5. The van der Waals surface area contributed by atoms with Crippen LogP contribution >= 0.6 is 0 Å². The van der Waals surface area contributed by atoms with Crippen LogP contribution in [0.3, 0.4) is 0 Å². The normalized spacial score (nSPS) is 12.9. The van der Waals surface area contributed by atoms with E-state index in [9.17, 15) is 9.90 Å². The molecule has 0 aliphatic rings. The van der Waals surface area contributed by atoms with Crippen molar-refractivity contribution in [3.8, 4) is 0 Å². The number of hydrogen-bond donors (Lipinski definition) is 3. The van der Waals surface area contributed by atoms with E-state index in [-0.39, 0.29) is 18.0 Å². The number of aliphatic hydroxyl groups is 1. The first kappa shape index (κ1) is 15.5. The second-order valence-electron chi connectivity index (χ2n) is 5.63. The van der Waals surface area contributed by atoms with Crippen LogP contribution in [0.4, 0.5) is 4.79 Å². The Morgan fingerprint density at radius 3 is 2.26 bits per heavy atom. The number of carbonyl (C=O) groups is 1. The molecule has 1 atom stereocenters. The summed E-state index contributed by atoms with van der Waals surface area (Å²) >= 11 is 0. The molecule has 1 aromatic rings. The van der Waals surface area contributed by atoms with Crippen LogP contribution in [0.5, 0.6) is 0 Å². The summed E-state index contributed by atoms with van der Waals surface area (Å²) in [6.45, 7) is 9.07. The van der Waals surface area contributed by atoms with Crippen molar-refractivity contribution >= 4 is 6.03 Å². The number of nitrogens with one attached hydrogen (secondary N) is 2. The van der Waals surface area contributed by atoms with E-state index in [1.54, 1.807) is 0 Å². The highest BCUT2D eigenvalue weighted by Crippen LogP contribution is 2.23. The molecule has 106 valence electrons. The molecule has 0 fully saturated rings. The number of carbonyl (C=O) groups excluding carboxylic acids is 1. The molecule has 1 unspecified atom stereocenters. The van der Waals surface area contributed by atoms with E-state index in [4.69, 9.17) is 0 Å². The lowest BCUT2D eigenvalue weighted by Crippen LogP contribution is -2.37. The second kappa shape index (κ2) is 6.57. The molecular formula is C15H24N2O2. The minimum atomic E-state index is -0.684. The lowest BCUT2D eigenvalue weighted by Gasteiger charge is -2.20. The summed E-state index contributed by atoms with van der Waals surface area (Å²) in [6, 6.07) is 7.60. The fourth-order valence-electron chi connectivity index (χ4n) is 1.74. The van der Waals surface area contributed by atoms with Gasteiger partial charge < -0.3 is 15.7 Å². The van der Waals surface area contributed by atoms with Crippen LogP contribution in [0.1, 0.15) is 44.9 Å². The van der Waals surface area contributed by atoms with Gasteiger partial charge in [0.05, 0.1) is 6.10 Å². The van der Waals surface area contributed by atoms with Gasteiger partial charge >= 0.3 is 6.03 Å². The molecule has 0 saturated heterocycles. The third-order valence-corrected chi connectivity index (χ3v) is 2.95. The molecule has 0 heterocycles. The van der Waals surface area contributed by atoms with Crippen LogP contribution in [0.2, 0.25) is 0 Å². The summed E-state index contributed by atoms with van der Waals surface area (Å²) in [5, 5.41) is 15.2. The predicted molar refractivity (Wildman–Crippen MR) is 77.2 cm³/mol. The van der Waals surface area contributed by atoms with Gasteiger partial charge in [-0.3, -0.25) is 0 Å². The van der Waals surface area contributed by atoms with Crippen molar-refractivity contribution in [3.63, 3.8) is 0 Å². The second-order valence-corrected chi connectivity index (χ2v) is 5.63.